The van der Waals surface area contributed by atoms with Crippen molar-refractivity contribution in [2.45, 2.75) is 18.4 Å². The van der Waals surface area contributed by atoms with Crippen molar-refractivity contribution in [2.75, 3.05) is 6.54 Å². The first-order chi connectivity index (χ1) is 12.4. The molecule has 1 amide bonds. The zero-order chi connectivity index (χ0) is 18.7. The molecule has 0 aromatic heterocycles. The number of benzene rings is 2. The summed E-state index contributed by atoms with van der Waals surface area (Å²) in [5, 5.41) is 12.5. The number of halogens is 2. The number of carbonyl (C=O) groups is 2. The van der Waals surface area contributed by atoms with Gasteiger partial charge >= 0.3 is 5.97 Å². The fourth-order valence-corrected chi connectivity index (χ4v) is 2.97. The van der Waals surface area contributed by atoms with E-state index < -0.39 is 17.9 Å². The van der Waals surface area contributed by atoms with E-state index in [4.69, 9.17) is 16.3 Å². The number of carboxylic acids is 1. The first-order valence-electron chi connectivity index (χ1n) is 8.12. The van der Waals surface area contributed by atoms with Crippen LogP contribution in [-0.4, -0.2) is 29.6 Å². The van der Waals surface area contributed by atoms with E-state index in [1.807, 2.05) is 18.2 Å². The van der Waals surface area contributed by atoms with Crippen molar-refractivity contribution in [3.8, 4) is 5.75 Å². The number of hydrogen-bond donors (Lipinski definition) is 2. The summed E-state index contributed by atoms with van der Waals surface area (Å²) in [6, 6.07) is 12.4. The maximum Gasteiger partial charge on any atom is 0.346 e. The number of hydrogen-bond acceptors (Lipinski definition) is 3. The molecule has 1 fully saturated rings. The van der Waals surface area contributed by atoms with Crippen LogP contribution in [0.5, 0.6) is 5.75 Å². The van der Waals surface area contributed by atoms with E-state index >= 15 is 0 Å². The fraction of sp³-hybridized carbons (Fsp3) is 0.263. The molecule has 0 radical (unpaired) electrons. The van der Waals surface area contributed by atoms with Gasteiger partial charge in [-0.2, -0.15) is 0 Å². The summed E-state index contributed by atoms with van der Waals surface area (Å²) >= 11 is 5.96. The van der Waals surface area contributed by atoms with Gasteiger partial charge in [0.15, 0.2) is 0 Å². The number of carbonyl (C=O) groups excluding carboxylic acids is 1. The quantitative estimate of drug-likeness (QED) is 0.776. The minimum Gasteiger partial charge on any atom is -0.478 e. The Balaban J connectivity index is 1.54. The number of rotatable bonds is 7. The van der Waals surface area contributed by atoms with Crippen molar-refractivity contribution in [3.63, 3.8) is 0 Å². The summed E-state index contributed by atoms with van der Waals surface area (Å²) in [5.74, 6) is -1.76. The summed E-state index contributed by atoms with van der Waals surface area (Å²) in [6.45, 7) is -0.176. The predicted molar refractivity (Wildman–Crippen MR) is 93.8 cm³/mol. The summed E-state index contributed by atoms with van der Waals surface area (Å²) < 4.78 is 18.2. The van der Waals surface area contributed by atoms with E-state index in [9.17, 15) is 19.1 Å². The van der Waals surface area contributed by atoms with Gasteiger partial charge in [0.25, 0.3) is 0 Å². The average molecular weight is 378 g/mol. The van der Waals surface area contributed by atoms with Gasteiger partial charge in [-0.25, -0.2) is 9.18 Å². The Labute approximate surface area is 154 Å². The third-order valence-corrected chi connectivity index (χ3v) is 4.47. The van der Waals surface area contributed by atoms with Gasteiger partial charge in [0.05, 0.1) is 6.54 Å². The van der Waals surface area contributed by atoms with E-state index in [-0.39, 0.29) is 30.0 Å². The number of aliphatic carboxylic acids is 1. The molecule has 26 heavy (non-hydrogen) atoms. The van der Waals surface area contributed by atoms with Crippen LogP contribution in [0.4, 0.5) is 4.39 Å². The van der Waals surface area contributed by atoms with Crippen LogP contribution in [0.25, 0.3) is 0 Å². The first-order valence-corrected chi connectivity index (χ1v) is 8.50. The molecule has 0 heterocycles. The molecule has 2 aromatic carbocycles. The van der Waals surface area contributed by atoms with Gasteiger partial charge in [0, 0.05) is 10.9 Å². The van der Waals surface area contributed by atoms with E-state index in [1.165, 1.54) is 24.3 Å². The summed E-state index contributed by atoms with van der Waals surface area (Å²) in [6.07, 6.45) is -0.560. The SMILES string of the molecule is O=C(O)C(CNC(=O)C1CC1c1cccc(Cl)c1)Oc1ccc(F)cc1. The molecule has 0 spiro atoms. The van der Waals surface area contributed by atoms with Crippen LogP contribution in [-0.2, 0) is 9.59 Å². The van der Waals surface area contributed by atoms with Crippen LogP contribution in [0.1, 0.15) is 17.9 Å². The highest BCUT2D eigenvalue weighted by Crippen LogP contribution is 2.47. The second kappa shape index (κ2) is 7.74. The topological polar surface area (TPSA) is 75.6 Å². The summed E-state index contributed by atoms with van der Waals surface area (Å²) in [4.78, 5) is 23.6. The molecule has 136 valence electrons. The van der Waals surface area contributed by atoms with Crippen LogP contribution in [0.2, 0.25) is 5.02 Å². The van der Waals surface area contributed by atoms with E-state index in [0.29, 0.717) is 11.4 Å². The first kappa shape index (κ1) is 18.2. The molecular formula is C19H17ClFNO4. The maximum atomic E-state index is 12.9. The van der Waals surface area contributed by atoms with Crippen molar-refractivity contribution in [1.82, 2.24) is 5.32 Å². The molecule has 3 rings (SSSR count). The number of amides is 1. The molecule has 3 atom stereocenters. The third kappa shape index (κ3) is 4.52. The molecule has 3 unspecified atom stereocenters. The summed E-state index contributed by atoms with van der Waals surface area (Å²) in [7, 11) is 0. The molecule has 1 aliphatic carbocycles. The minimum absolute atomic E-state index is 0.0926. The summed E-state index contributed by atoms with van der Waals surface area (Å²) in [5.41, 5.74) is 0.995. The Bertz CT molecular complexity index is 811. The van der Waals surface area contributed by atoms with Crippen LogP contribution < -0.4 is 10.1 Å². The molecule has 1 aliphatic rings. The molecular weight excluding hydrogens is 361 g/mol. The second-order valence-electron chi connectivity index (χ2n) is 6.15. The van der Waals surface area contributed by atoms with Crippen molar-refractivity contribution in [2.24, 2.45) is 5.92 Å². The number of nitrogens with one attached hydrogen (secondary N) is 1. The van der Waals surface area contributed by atoms with Crippen molar-refractivity contribution in [1.29, 1.82) is 0 Å². The molecule has 0 aliphatic heterocycles. The Morgan fingerprint density at radius 3 is 2.65 bits per heavy atom. The van der Waals surface area contributed by atoms with Gasteiger partial charge in [0.1, 0.15) is 11.6 Å². The van der Waals surface area contributed by atoms with E-state index in [1.54, 1.807) is 6.07 Å². The van der Waals surface area contributed by atoms with Gasteiger partial charge < -0.3 is 15.2 Å². The lowest BCUT2D eigenvalue weighted by Crippen LogP contribution is -2.41. The van der Waals surface area contributed by atoms with Gasteiger partial charge in [0.2, 0.25) is 12.0 Å². The highest BCUT2D eigenvalue weighted by Gasteiger charge is 2.44. The molecule has 0 bridgehead atoms. The lowest BCUT2D eigenvalue weighted by molar-refractivity contribution is -0.145. The minimum atomic E-state index is -1.26. The predicted octanol–water partition coefficient (Wildman–Crippen LogP) is 3.23. The highest BCUT2D eigenvalue weighted by molar-refractivity contribution is 6.30. The van der Waals surface area contributed by atoms with Gasteiger partial charge in [-0.1, -0.05) is 23.7 Å². The normalized spacial score (nSPS) is 19.5. The number of carboxylic acid groups (broad SMARTS) is 1. The molecule has 1 saturated carbocycles. The standard InChI is InChI=1S/C19H17ClFNO4/c20-12-3-1-2-11(8-12)15-9-16(15)18(23)22-10-17(19(24)25)26-14-6-4-13(21)5-7-14/h1-8,15-17H,9-10H2,(H,22,23)(H,24,25). The Morgan fingerprint density at radius 2 is 2.00 bits per heavy atom. The smallest absolute Gasteiger partial charge is 0.346 e. The van der Waals surface area contributed by atoms with Crippen LogP contribution in [0.15, 0.2) is 48.5 Å². The van der Waals surface area contributed by atoms with Crippen LogP contribution in [0.3, 0.4) is 0 Å². The van der Waals surface area contributed by atoms with Crippen LogP contribution >= 0.6 is 11.6 Å². The van der Waals surface area contributed by atoms with Gasteiger partial charge in [-0.05, 0) is 54.3 Å². The van der Waals surface area contributed by atoms with Gasteiger partial charge in [-0.3, -0.25) is 4.79 Å². The lowest BCUT2D eigenvalue weighted by atomic mass is 10.1. The zero-order valence-electron chi connectivity index (χ0n) is 13.7. The lowest BCUT2D eigenvalue weighted by Gasteiger charge is -2.16. The van der Waals surface area contributed by atoms with E-state index in [2.05, 4.69) is 5.32 Å². The molecule has 2 aromatic rings. The van der Waals surface area contributed by atoms with E-state index in [0.717, 1.165) is 5.56 Å². The van der Waals surface area contributed by atoms with Gasteiger partial charge in [-0.15, -0.1) is 0 Å². The zero-order valence-corrected chi connectivity index (χ0v) is 14.4. The molecule has 0 saturated heterocycles. The third-order valence-electron chi connectivity index (χ3n) is 4.23. The second-order valence-corrected chi connectivity index (χ2v) is 6.58. The fourth-order valence-electron chi connectivity index (χ4n) is 2.77. The number of ether oxygens (including phenoxy) is 1. The monoisotopic (exact) mass is 377 g/mol. The van der Waals surface area contributed by atoms with Crippen molar-refractivity contribution in [3.05, 3.63) is 64.9 Å². The Kier molecular flexibility index (Phi) is 5.42. The van der Waals surface area contributed by atoms with Crippen molar-refractivity contribution >= 4 is 23.5 Å². The van der Waals surface area contributed by atoms with Crippen LogP contribution in [0, 0.1) is 11.7 Å². The van der Waals surface area contributed by atoms with Crippen molar-refractivity contribution < 1.29 is 23.8 Å². The molecule has 7 heteroatoms. The maximum absolute atomic E-state index is 12.9. The molecule has 5 nitrogen and oxygen atoms in total. The Morgan fingerprint density at radius 1 is 1.27 bits per heavy atom. The Hall–Kier alpha value is -2.60. The average Bonchev–Trinajstić information content (AvgIpc) is 3.40. The molecule has 2 N–H and O–H groups in total. The largest absolute Gasteiger partial charge is 0.478 e. The highest BCUT2D eigenvalue weighted by atomic mass is 35.5.